The number of hydrogen-bond donors (Lipinski definition) is 3. The first-order valence-electron chi connectivity index (χ1n) is 7.53. The molecule has 24 heavy (non-hydrogen) atoms. The van der Waals surface area contributed by atoms with Crippen LogP contribution in [0, 0.1) is 5.82 Å². The molecule has 2 aromatic rings. The first-order chi connectivity index (χ1) is 11.5. The summed E-state index contributed by atoms with van der Waals surface area (Å²) < 4.78 is 13.8. The van der Waals surface area contributed by atoms with Crippen molar-refractivity contribution >= 4 is 17.5 Å². The molecule has 3 N–H and O–H groups in total. The van der Waals surface area contributed by atoms with Crippen molar-refractivity contribution in [3.8, 4) is 0 Å². The lowest BCUT2D eigenvalue weighted by Crippen LogP contribution is -2.33. The molecule has 0 fully saturated rings. The number of carbonyl (C=O) groups excluding carboxylic acids is 2. The number of aliphatic hydroxyl groups is 1. The number of rotatable bonds is 6. The van der Waals surface area contributed by atoms with E-state index in [4.69, 9.17) is 0 Å². The summed E-state index contributed by atoms with van der Waals surface area (Å²) in [6.45, 7) is 1.32. The standard InChI is InChI=1S/C18H19FN2O3/c1-12(22)21-14-7-8-17(19)16(10-14)18(24)20-11-15(23)9-13-5-3-2-4-6-13/h2-8,10,15,23H,9,11H2,1H3,(H,20,24)(H,21,22)/t15-/m1/s1. The van der Waals surface area contributed by atoms with Gasteiger partial charge in [-0.3, -0.25) is 9.59 Å². The number of benzene rings is 2. The molecule has 6 heteroatoms. The molecule has 0 unspecified atom stereocenters. The summed E-state index contributed by atoms with van der Waals surface area (Å²) in [5.74, 6) is -1.66. The Morgan fingerprint density at radius 2 is 1.88 bits per heavy atom. The molecule has 0 heterocycles. The van der Waals surface area contributed by atoms with Crippen molar-refractivity contribution in [2.24, 2.45) is 0 Å². The van der Waals surface area contributed by atoms with Crippen LogP contribution in [0.5, 0.6) is 0 Å². The lowest BCUT2D eigenvalue weighted by atomic mass is 10.1. The van der Waals surface area contributed by atoms with Gasteiger partial charge in [-0.15, -0.1) is 0 Å². The summed E-state index contributed by atoms with van der Waals surface area (Å²) in [7, 11) is 0. The van der Waals surface area contributed by atoms with Crippen LogP contribution in [0.1, 0.15) is 22.8 Å². The van der Waals surface area contributed by atoms with Crippen LogP contribution in [-0.2, 0) is 11.2 Å². The van der Waals surface area contributed by atoms with E-state index in [1.807, 2.05) is 30.3 Å². The Morgan fingerprint density at radius 3 is 2.54 bits per heavy atom. The zero-order valence-corrected chi connectivity index (χ0v) is 13.3. The van der Waals surface area contributed by atoms with E-state index in [2.05, 4.69) is 10.6 Å². The van der Waals surface area contributed by atoms with Gasteiger partial charge >= 0.3 is 0 Å². The van der Waals surface area contributed by atoms with Gasteiger partial charge in [0, 0.05) is 25.6 Å². The first kappa shape index (κ1) is 17.6. The van der Waals surface area contributed by atoms with E-state index < -0.39 is 17.8 Å². The minimum absolute atomic E-state index is 0.00245. The van der Waals surface area contributed by atoms with Crippen LogP contribution >= 0.6 is 0 Å². The normalized spacial score (nSPS) is 11.6. The number of carbonyl (C=O) groups is 2. The van der Waals surface area contributed by atoms with Gasteiger partial charge in [0.05, 0.1) is 11.7 Å². The average Bonchev–Trinajstić information content (AvgIpc) is 2.55. The highest BCUT2D eigenvalue weighted by Crippen LogP contribution is 2.15. The highest BCUT2D eigenvalue weighted by atomic mass is 19.1. The molecule has 0 bridgehead atoms. The topological polar surface area (TPSA) is 78.4 Å². The second-order valence-electron chi connectivity index (χ2n) is 5.43. The molecule has 2 aromatic carbocycles. The number of halogens is 1. The van der Waals surface area contributed by atoms with E-state index in [-0.39, 0.29) is 18.0 Å². The fourth-order valence-electron chi connectivity index (χ4n) is 2.24. The van der Waals surface area contributed by atoms with Gasteiger partial charge in [-0.1, -0.05) is 30.3 Å². The number of aliphatic hydroxyl groups excluding tert-OH is 1. The molecule has 5 nitrogen and oxygen atoms in total. The van der Waals surface area contributed by atoms with E-state index in [1.54, 1.807) is 0 Å². The Morgan fingerprint density at radius 1 is 1.17 bits per heavy atom. The van der Waals surface area contributed by atoms with E-state index in [0.29, 0.717) is 12.1 Å². The molecule has 2 rings (SSSR count). The summed E-state index contributed by atoms with van der Waals surface area (Å²) in [6.07, 6.45) is -0.395. The van der Waals surface area contributed by atoms with Gasteiger partial charge in [-0.25, -0.2) is 4.39 Å². The predicted molar refractivity (Wildman–Crippen MR) is 89.2 cm³/mol. The molecule has 1 atom stereocenters. The van der Waals surface area contributed by atoms with Crippen LogP contribution in [0.4, 0.5) is 10.1 Å². The maximum Gasteiger partial charge on any atom is 0.254 e. The number of hydrogen-bond acceptors (Lipinski definition) is 3. The van der Waals surface area contributed by atoms with Gasteiger partial charge in [0.2, 0.25) is 5.91 Å². The molecule has 126 valence electrons. The van der Waals surface area contributed by atoms with E-state index in [1.165, 1.54) is 19.1 Å². The number of anilines is 1. The highest BCUT2D eigenvalue weighted by molar-refractivity contribution is 5.97. The van der Waals surface area contributed by atoms with Crippen LogP contribution < -0.4 is 10.6 Å². The summed E-state index contributed by atoms with van der Waals surface area (Å²) >= 11 is 0. The Kier molecular flexibility index (Phi) is 6.03. The number of nitrogens with one attached hydrogen (secondary N) is 2. The van der Waals surface area contributed by atoms with Gasteiger partial charge in [-0.2, -0.15) is 0 Å². The molecule has 0 spiro atoms. The van der Waals surface area contributed by atoms with Crippen LogP contribution in [0.25, 0.3) is 0 Å². The molecule has 0 aliphatic rings. The Hall–Kier alpha value is -2.73. The van der Waals surface area contributed by atoms with Crippen LogP contribution in [0.2, 0.25) is 0 Å². The van der Waals surface area contributed by atoms with E-state index >= 15 is 0 Å². The van der Waals surface area contributed by atoms with Crippen molar-refractivity contribution in [2.45, 2.75) is 19.4 Å². The Labute approximate surface area is 139 Å². The van der Waals surface area contributed by atoms with E-state index in [9.17, 15) is 19.1 Å². The molecule has 0 saturated heterocycles. The van der Waals surface area contributed by atoms with Crippen molar-refractivity contribution < 1.29 is 19.1 Å². The maximum atomic E-state index is 13.8. The predicted octanol–water partition coefficient (Wildman–Crippen LogP) is 2.12. The molecular formula is C18H19FN2O3. The zero-order chi connectivity index (χ0) is 17.5. The minimum atomic E-state index is -0.780. The van der Waals surface area contributed by atoms with Crippen molar-refractivity contribution in [3.63, 3.8) is 0 Å². The fourth-order valence-corrected chi connectivity index (χ4v) is 2.24. The average molecular weight is 330 g/mol. The van der Waals surface area contributed by atoms with Crippen LogP contribution in [0.3, 0.4) is 0 Å². The van der Waals surface area contributed by atoms with Crippen molar-refractivity contribution in [1.29, 1.82) is 0 Å². The molecule has 0 aliphatic carbocycles. The molecule has 0 aromatic heterocycles. The smallest absolute Gasteiger partial charge is 0.254 e. The fraction of sp³-hybridized carbons (Fsp3) is 0.222. The van der Waals surface area contributed by atoms with Gasteiger partial charge < -0.3 is 15.7 Å². The van der Waals surface area contributed by atoms with Crippen LogP contribution in [-0.4, -0.2) is 29.6 Å². The minimum Gasteiger partial charge on any atom is -0.391 e. The molecule has 0 aliphatic heterocycles. The monoisotopic (exact) mass is 330 g/mol. The Balaban J connectivity index is 1.95. The van der Waals surface area contributed by atoms with Gasteiger partial charge in [-0.05, 0) is 23.8 Å². The van der Waals surface area contributed by atoms with Crippen molar-refractivity contribution in [1.82, 2.24) is 5.32 Å². The molecular weight excluding hydrogens is 311 g/mol. The van der Waals surface area contributed by atoms with Crippen LogP contribution in [0.15, 0.2) is 48.5 Å². The summed E-state index contributed by atoms with van der Waals surface area (Å²) in [5.41, 5.74) is 1.09. The third kappa shape index (κ3) is 5.17. The van der Waals surface area contributed by atoms with Crippen molar-refractivity contribution in [2.75, 3.05) is 11.9 Å². The van der Waals surface area contributed by atoms with Crippen molar-refractivity contribution in [3.05, 3.63) is 65.5 Å². The Bertz CT molecular complexity index is 719. The van der Waals surface area contributed by atoms with Gasteiger partial charge in [0.25, 0.3) is 5.91 Å². The maximum absolute atomic E-state index is 13.8. The van der Waals surface area contributed by atoms with E-state index in [0.717, 1.165) is 11.6 Å². The quantitative estimate of drug-likeness (QED) is 0.759. The third-order valence-corrected chi connectivity index (χ3v) is 3.34. The third-order valence-electron chi connectivity index (χ3n) is 3.34. The highest BCUT2D eigenvalue weighted by Gasteiger charge is 2.14. The number of amides is 2. The molecule has 2 amide bonds. The van der Waals surface area contributed by atoms with Gasteiger partial charge in [0.1, 0.15) is 5.82 Å². The lowest BCUT2D eigenvalue weighted by Gasteiger charge is -2.13. The second kappa shape index (κ2) is 8.21. The first-order valence-corrected chi connectivity index (χ1v) is 7.53. The second-order valence-corrected chi connectivity index (χ2v) is 5.43. The largest absolute Gasteiger partial charge is 0.391 e. The lowest BCUT2D eigenvalue weighted by molar-refractivity contribution is -0.114. The zero-order valence-electron chi connectivity index (χ0n) is 13.3. The molecule has 0 saturated carbocycles. The summed E-state index contributed by atoms with van der Waals surface area (Å²) in [6, 6.07) is 13.1. The summed E-state index contributed by atoms with van der Waals surface area (Å²) in [5, 5.41) is 15.0. The molecule has 0 radical (unpaired) electrons. The summed E-state index contributed by atoms with van der Waals surface area (Å²) in [4.78, 5) is 23.1. The SMILES string of the molecule is CC(=O)Nc1ccc(F)c(C(=O)NC[C@H](O)Cc2ccccc2)c1. The van der Waals surface area contributed by atoms with Gasteiger partial charge in [0.15, 0.2) is 0 Å².